The number of aliphatic hydroxyl groups excluding tert-OH is 1. The Kier molecular flexibility index (Phi) is 1.77. The van der Waals surface area contributed by atoms with Crippen molar-refractivity contribution in [3.63, 3.8) is 0 Å². The van der Waals surface area contributed by atoms with Gasteiger partial charge in [0.05, 0.1) is 11.5 Å². The summed E-state index contributed by atoms with van der Waals surface area (Å²) in [7, 11) is 0. The molecule has 0 unspecified atom stereocenters. The highest BCUT2D eigenvalue weighted by Crippen LogP contribution is 2.59. The molecule has 3 rings (SSSR count). The zero-order chi connectivity index (χ0) is 10.5. The van der Waals surface area contributed by atoms with Gasteiger partial charge in [0.1, 0.15) is 0 Å². The van der Waals surface area contributed by atoms with Crippen molar-refractivity contribution in [1.82, 2.24) is 0 Å². The van der Waals surface area contributed by atoms with Gasteiger partial charge in [0.15, 0.2) is 0 Å². The van der Waals surface area contributed by atoms with Gasteiger partial charge < -0.3 is 5.11 Å². The zero-order valence-corrected chi connectivity index (χ0v) is 9.68. The van der Waals surface area contributed by atoms with Crippen molar-refractivity contribution in [2.45, 2.75) is 6.10 Å². The van der Waals surface area contributed by atoms with Crippen LogP contribution in [-0.2, 0) is 0 Å². The topological polar surface area (TPSA) is 20.2 Å². The molecular weight excluding hydrogens is 252 g/mol. The number of allylic oxidation sites excluding steroid dienone is 7. The van der Waals surface area contributed by atoms with E-state index in [1.807, 2.05) is 24.3 Å². The molecule has 0 aromatic carbocycles. The molecule has 15 heavy (non-hydrogen) atoms. The van der Waals surface area contributed by atoms with E-state index in [0.29, 0.717) is 0 Å². The van der Waals surface area contributed by atoms with Gasteiger partial charge >= 0.3 is 0 Å². The highest BCUT2D eigenvalue weighted by molar-refractivity contribution is 9.11. The minimum Gasteiger partial charge on any atom is -0.387 e. The maximum atomic E-state index is 10.3. The van der Waals surface area contributed by atoms with Crippen LogP contribution in [0.2, 0.25) is 0 Å². The van der Waals surface area contributed by atoms with Gasteiger partial charge in [-0.3, -0.25) is 0 Å². The van der Waals surface area contributed by atoms with E-state index in [1.54, 1.807) is 0 Å². The maximum Gasteiger partial charge on any atom is 0.0991 e. The van der Waals surface area contributed by atoms with E-state index in [9.17, 15) is 5.11 Å². The van der Waals surface area contributed by atoms with Gasteiger partial charge in [0.2, 0.25) is 0 Å². The van der Waals surface area contributed by atoms with Crippen molar-refractivity contribution in [3.8, 4) is 0 Å². The van der Waals surface area contributed by atoms with Crippen LogP contribution >= 0.6 is 15.9 Å². The van der Waals surface area contributed by atoms with Crippen LogP contribution in [0.5, 0.6) is 0 Å². The summed E-state index contributed by atoms with van der Waals surface area (Å²) in [6.07, 6.45) is 18.2. The second kappa shape index (κ2) is 2.83. The summed E-state index contributed by atoms with van der Waals surface area (Å²) in [6.45, 7) is 0. The molecule has 1 N–H and O–H groups in total. The molecule has 0 spiro atoms. The highest BCUT2D eigenvalue weighted by Gasteiger charge is 2.55. The first kappa shape index (κ1) is 9.37. The van der Waals surface area contributed by atoms with E-state index in [2.05, 4.69) is 46.3 Å². The molecule has 2 heteroatoms. The molecule has 0 saturated heterocycles. The number of halogens is 1. The standard InChI is InChI=1S/C13H11BrO/c14-10-9-12-5-1-3-7-13(12,11(10)15)8-4-2-6-12/h1-9,11,15H/t11-,12?,13?/m1/s1. The Hall–Kier alpha value is -0.860. The average Bonchev–Trinajstić information content (AvgIpc) is 2.49. The van der Waals surface area contributed by atoms with Crippen LogP contribution in [0.4, 0.5) is 0 Å². The Bertz CT molecular complexity index is 427. The van der Waals surface area contributed by atoms with E-state index in [4.69, 9.17) is 0 Å². The highest BCUT2D eigenvalue weighted by atomic mass is 79.9. The average molecular weight is 263 g/mol. The van der Waals surface area contributed by atoms with Crippen molar-refractivity contribution < 1.29 is 5.11 Å². The quantitative estimate of drug-likeness (QED) is 0.712. The molecule has 0 bridgehead atoms. The molecule has 0 aromatic rings. The third-order valence-electron chi connectivity index (χ3n) is 3.55. The maximum absolute atomic E-state index is 10.3. The normalized spacial score (nSPS) is 45.2. The first-order valence-corrected chi connectivity index (χ1v) is 5.80. The first-order chi connectivity index (χ1) is 7.20. The molecule has 0 amide bonds. The summed E-state index contributed by atoms with van der Waals surface area (Å²) < 4.78 is 0.870. The van der Waals surface area contributed by atoms with E-state index >= 15 is 0 Å². The Morgan fingerprint density at radius 2 is 1.53 bits per heavy atom. The Morgan fingerprint density at radius 3 is 2.07 bits per heavy atom. The first-order valence-electron chi connectivity index (χ1n) is 5.01. The fraction of sp³-hybridized carbons (Fsp3) is 0.231. The van der Waals surface area contributed by atoms with Crippen LogP contribution in [0.25, 0.3) is 0 Å². The minimum atomic E-state index is -0.486. The third-order valence-corrected chi connectivity index (χ3v) is 4.21. The van der Waals surface area contributed by atoms with E-state index in [1.165, 1.54) is 0 Å². The van der Waals surface area contributed by atoms with Crippen LogP contribution in [0, 0.1) is 10.8 Å². The lowest BCUT2D eigenvalue weighted by Crippen LogP contribution is -2.41. The second-order valence-corrected chi connectivity index (χ2v) is 5.15. The monoisotopic (exact) mass is 262 g/mol. The van der Waals surface area contributed by atoms with E-state index in [0.717, 1.165) is 4.48 Å². The molecule has 0 aliphatic heterocycles. The third kappa shape index (κ3) is 0.963. The van der Waals surface area contributed by atoms with Gasteiger partial charge in [0, 0.05) is 9.90 Å². The van der Waals surface area contributed by atoms with Gasteiger partial charge in [-0.1, -0.05) is 70.6 Å². The van der Waals surface area contributed by atoms with Crippen molar-refractivity contribution in [2.75, 3.05) is 0 Å². The van der Waals surface area contributed by atoms with Crippen molar-refractivity contribution in [3.05, 3.63) is 59.2 Å². The SMILES string of the molecule is O[C@@H]1C(Br)=CC23C=CC=CC12C=CC=C3. The van der Waals surface area contributed by atoms with Crippen molar-refractivity contribution in [1.29, 1.82) is 0 Å². The van der Waals surface area contributed by atoms with Crippen LogP contribution in [0.15, 0.2) is 59.2 Å². The Labute approximate surface area is 97.3 Å². The molecular formula is C13H11BrO. The van der Waals surface area contributed by atoms with Crippen molar-refractivity contribution in [2.24, 2.45) is 10.8 Å². The van der Waals surface area contributed by atoms with Crippen LogP contribution in [0.3, 0.4) is 0 Å². The molecule has 1 nitrogen and oxygen atoms in total. The number of rotatable bonds is 0. The Morgan fingerprint density at radius 1 is 1.00 bits per heavy atom. The predicted octanol–water partition coefficient (Wildman–Crippen LogP) is 2.86. The molecule has 0 radical (unpaired) electrons. The molecule has 0 saturated carbocycles. The van der Waals surface area contributed by atoms with E-state index < -0.39 is 6.10 Å². The predicted molar refractivity (Wildman–Crippen MR) is 64.4 cm³/mol. The fourth-order valence-electron chi connectivity index (χ4n) is 2.72. The van der Waals surface area contributed by atoms with Crippen LogP contribution < -0.4 is 0 Å². The van der Waals surface area contributed by atoms with Gasteiger partial charge in [-0.15, -0.1) is 0 Å². The number of hydrogen-bond acceptors (Lipinski definition) is 1. The van der Waals surface area contributed by atoms with Gasteiger partial charge in [-0.2, -0.15) is 0 Å². The summed E-state index contributed by atoms with van der Waals surface area (Å²) in [5.41, 5.74) is -0.510. The second-order valence-electron chi connectivity index (χ2n) is 4.23. The fourth-order valence-corrected chi connectivity index (χ4v) is 3.48. The summed E-state index contributed by atoms with van der Waals surface area (Å²) in [6, 6.07) is 0. The summed E-state index contributed by atoms with van der Waals surface area (Å²) in [5, 5.41) is 10.3. The number of hydrogen-bond donors (Lipinski definition) is 1. The van der Waals surface area contributed by atoms with Crippen molar-refractivity contribution >= 4 is 15.9 Å². The van der Waals surface area contributed by atoms with E-state index in [-0.39, 0.29) is 10.8 Å². The van der Waals surface area contributed by atoms with Gasteiger partial charge in [0.25, 0.3) is 0 Å². The lowest BCUT2D eigenvalue weighted by Gasteiger charge is -2.43. The molecule has 76 valence electrons. The van der Waals surface area contributed by atoms with Gasteiger partial charge in [-0.05, 0) is 0 Å². The summed E-state index contributed by atoms with van der Waals surface area (Å²) >= 11 is 3.45. The minimum absolute atomic E-state index is 0.186. The lowest BCUT2D eigenvalue weighted by molar-refractivity contribution is 0.105. The molecule has 0 aromatic heterocycles. The van der Waals surface area contributed by atoms with Crippen LogP contribution in [0.1, 0.15) is 0 Å². The molecule has 0 heterocycles. The Balaban J connectivity index is 2.28. The zero-order valence-electron chi connectivity index (χ0n) is 8.10. The smallest absolute Gasteiger partial charge is 0.0991 e. The number of aliphatic hydroxyl groups is 1. The molecule has 1 atom stereocenters. The molecule has 3 aliphatic carbocycles. The lowest BCUT2D eigenvalue weighted by atomic mass is 9.60. The van der Waals surface area contributed by atoms with Crippen LogP contribution in [-0.4, -0.2) is 11.2 Å². The molecule has 3 aliphatic rings. The summed E-state index contributed by atoms with van der Waals surface area (Å²) in [4.78, 5) is 0. The summed E-state index contributed by atoms with van der Waals surface area (Å²) in [5.74, 6) is 0. The molecule has 0 fully saturated rings. The van der Waals surface area contributed by atoms with Gasteiger partial charge in [-0.25, -0.2) is 0 Å². The largest absolute Gasteiger partial charge is 0.387 e.